The first kappa shape index (κ1) is 24.6. The molecule has 0 aliphatic rings. The fourth-order valence-corrected chi connectivity index (χ4v) is 3.11. The summed E-state index contributed by atoms with van der Waals surface area (Å²) in [6.45, 7) is -0.244. The van der Waals surface area contributed by atoms with Crippen LogP contribution in [0.4, 0.5) is 11.4 Å². The molecule has 0 heterocycles. The Kier molecular flexibility index (Phi) is 8.52. The second kappa shape index (κ2) is 11.8. The number of carbonyl (C=O) groups excluding carboxylic acids is 2. The van der Waals surface area contributed by atoms with Crippen molar-refractivity contribution in [3.05, 3.63) is 87.9 Å². The zero-order chi connectivity index (χ0) is 24.5. The number of nitrogens with zero attached hydrogens (tertiary/aromatic N) is 1. The van der Waals surface area contributed by atoms with Crippen LogP contribution in [0.5, 0.6) is 11.5 Å². The highest BCUT2D eigenvalue weighted by Crippen LogP contribution is 2.25. The van der Waals surface area contributed by atoms with Crippen LogP contribution in [0.1, 0.15) is 5.56 Å². The molecule has 34 heavy (non-hydrogen) atoms. The minimum Gasteiger partial charge on any atom is -0.497 e. The maximum atomic E-state index is 12.4. The van der Waals surface area contributed by atoms with E-state index in [9.17, 15) is 14.9 Å². The smallest absolute Gasteiger partial charge is 0.266 e. The van der Waals surface area contributed by atoms with Gasteiger partial charge in [0.1, 0.15) is 23.1 Å². The summed E-state index contributed by atoms with van der Waals surface area (Å²) in [6, 6.07) is 20.0. The molecule has 0 unspecified atom stereocenters. The monoisotopic (exact) mass is 495 g/mol. The number of methoxy groups -OCH3 is 1. The van der Waals surface area contributed by atoms with Gasteiger partial charge in [0.2, 0.25) is 0 Å². The molecular weight excluding hydrogens is 477 g/mol. The standard InChI is InChI=1S/C25H19Cl2N3O4/c1-33-20-9-5-19(6-10-20)29-25(32)17(14-28)12-16-2-7-21(8-3-16)34-15-24(31)30-23-13-18(26)4-11-22(23)27/h2-13H,15H2,1H3,(H,29,32)(H,30,31)/b17-12+. The molecule has 3 aromatic rings. The normalized spacial score (nSPS) is 10.7. The van der Waals surface area contributed by atoms with Crippen LogP contribution in [0, 0.1) is 11.3 Å². The summed E-state index contributed by atoms with van der Waals surface area (Å²) >= 11 is 11.9. The summed E-state index contributed by atoms with van der Waals surface area (Å²) in [6.07, 6.45) is 1.45. The van der Waals surface area contributed by atoms with Crippen LogP contribution in [-0.2, 0) is 9.59 Å². The highest BCUT2D eigenvalue weighted by atomic mass is 35.5. The molecule has 0 aliphatic carbocycles. The quantitative estimate of drug-likeness (QED) is 0.314. The van der Waals surface area contributed by atoms with Crippen molar-refractivity contribution < 1.29 is 19.1 Å². The van der Waals surface area contributed by atoms with Crippen molar-refractivity contribution in [3.63, 3.8) is 0 Å². The number of halogens is 2. The lowest BCUT2D eigenvalue weighted by Gasteiger charge is -2.09. The van der Waals surface area contributed by atoms with Gasteiger partial charge in [0.25, 0.3) is 11.8 Å². The van der Waals surface area contributed by atoms with Gasteiger partial charge in [-0.3, -0.25) is 9.59 Å². The van der Waals surface area contributed by atoms with E-state index in [2.05, 4.69) is 10.6 Å². The van der Waals surface area contributed by atoms with Crippen molar-refractivity contribution in [2.75, 3.05) is 24.4 Å². The number of hydrogen-bond donors (Lipinski definition) is 2. The Labute approximate surface area is 206 Å². The van der Waals surface area contributed by atoms with Crippen molar-refractivity contribution in [1.82, 2.24) is 0 Å². The molecule has 0 atom stereocenters. The Bertz CT molecular complexity index is 1250. The highest BCUT2D eigenvalue weighted by molar-refractivity contribution is 6.35. The number of hydrogen-bond acceptors (Lipinski definition) is 5. The largest absolute Gasteiger partial charge is 0.497 e. The van der Waals surface area contributed by atoms with Gasteiger partial charge in [0.05, 0.1) is 17.8 Å². The van der Waals surface area contributed by atoms with Crippen molar-refractivity contribution in [2.45, 2.75) is 0 Å². The number of benzene rings is 3. The van der Waals surface area contributed by atoms with Gasteiger partial charge in [-0.05, 0) is 66.2 Å². The van der Waals surface area contributed by atoms with Gasteiger partial charge in [-0.2, -0.15) is 5.26 Å². The van der Waals surface area contributed by atoms with E-state index in [1.165, 1.54) is 6.08 Å². The summed E-state index contributed by atoms with van der Waals surface area (Å²) in [5.74, 6) is 0.146. The summed E-state index contributed by atoms with van der Waals surface area (Å²) in [5.41, 5.74) is 1.47. The first-order chi connectivity index (χ1) is 16.4. The first-order valence-electron chi connectivity index (χ1n) is 9.93. The lowest BCUT2D eigenvalue weighted by molar-refractivity contribution is -0.118. The third-order valence-electron chi connectivity index (χ3n) is 4.48. The molecule has 0 radical (unpaired) electrons. The van der Waals surface area contributed by atoms with Gasteiger partial charge in [-0.15, -0.1) is 0 Å². The fraction of sp³-hybridized carbons (Fsp3) is 0.0800. The van der Waals surface area contributed by atoms with E-state index in [1.807, 2.05) is 6.07 Å². The van der Waals surface area contributed by atoms with E-state index < -0.39 is 11.8 Å². The molecule has 3 aromatic carbocycles. The number of anilines is 2. The Balaban J connectivity index is 1.57. The lowest BCUT2D eigenvalue weighted by Crippen LogP contribution is -2.20. The van der Waals surface area contributed by atoms with Crippen LogP contribution in [-0.4, -0.2) is 25.5 Å². The summed E-state index contributed by atoms with van der Waals surface area (Å²) in [5, 5.41) is 15.5. The van der Waals surface area contributed by atoms with Crippen LogP contribution < -0.4 is 20.1 Å². The molecule has 9 heteroatoms. The van der Waals surface area contributed by atoms with E-state index in [0.29, 0.717) is 38.5 Å². The average Bonchev–Trinajstić information content (AvgIpc) is 2.84. The molecule has 2 amide bonds. The number of carbonyl (C=O) groups is 2. The maximum absolute atomic E-state index is 12.4. The van der Waals surface area contributed by atoms with Gasteiger partial charge < -0.3 is 20.1 Å². The highest BCUT2D eigenvalue weighted by Gasteiger charge is 2.11. The van der Waals surface area contributed by atoms with Crippen molar-refractivity contribution in [1.29, 1.82) is 5.26 Å². The average molecular weight is 496 g/mol. The number of nitriles is 1. The third-order valence-corrected chi connectivity index (χ3v) is 5.04. The van der Waals surface area contributed by atoms with Gasteiger partial charge >= 0.3 is 0 Å². The van der Waals surface area contributed by atoms with E-state index in [-0.39, 0.29) is 12.2 Å². The second-order valence-electron chi connectivity index (χ2n) is 6.88. The second-order valence-corrected chi connectivity index (χ2v) is 7.73. The molecule has 2 N–H and O–H groups in total. The Morgan fingerprint density at radius 2 is 1.65 bits per heavy atom. The first-order valence-corrected chi connectivity index (χ1v) is 10.7. The van der Waals surface area contributed by atoms with Crippen molar-refractivity contribution in [3.8, 4) is 17.6 Å². The molecular formula is C25H19Cl2N3O4. The summed E-state index contributed by atoms with van der Waals surface area (Å²) in [4.78, 5) is 24.5. The molecule has 172 valence electrons. The predicted molar refractivity (Wildman–Crippen MR) is 132 cm³/mol. The Morgan fingerprint density at radius 3 is 2.29 bits per heavy atom. The van der Waals surface area contributed by atoms with Crippen LogP contribution >= 0.6 is 23.2 Å². The van der Waals surface area contributed by atoms with Crippen LogP contribution in [0.25, 0.3) is 6.08 Å². The summed E-state index contributed by atoms with van der Waals surface area (Å²) < 4.78 is 10.6. The minimum absolute atomic E-state index is 0.0673. The fourth-order valence-electron chi connectivity index (χ4n) is 2.78. The SMILES string of the molecule is COc1ccc(NC(=O)/C(C#N)=C/c2ccc(OCC(=O)Nc3cc(Cl)ccc3Cl)cc2)cc1. The van der Waals surface area contributed by atoms with E-state index in [4.69, 9.17) is 32.7 Å². The minimum atomic E-state index is -0.538. The van der Waals surface area contributed by atoms with Crippen molar-refractivity contribution in [2.24, 2.45) is 0 Å². The molecule has 0 saturated heterocycles. The van der Waals surface area contributed by atoms with Gasteiger partial charge in [0.15, 0.2) is 6.61 Å². The molecule has 3 rings (SSSR count). The Hall–Kier alpha value is -3.99. The molecule has 0 spiro atoms. The van der Waals surface area contributed by atoms with Gasteiger partial charge in [0, 0.05) is 10.7 Å². The zero-order valence-electron chi connectivity index (χ0n) is 18.0. The topological polar surface area (TPSA) is 100 Å². The number of rotatable bonds is 8. The summed E-state index contributed by atoms with van der Waals surface area (Å²) in [7, 11) is 1.55. The van der Waals surface area contributed by atoms with Gasteiger partial charge in [-0.25, -0.2) is 0 Å². The Morgan fingerprint density at radius 1 is 0.971 bits per heavy atom. The number of amides is 2. The lowest BCUT2D eigenvalue weighted by atomic mass is 10.1. The molecule has 0 aromatic heterocycles. The molecule has 0 bridgehead atoms. The predicted octanol–water partition coefficient (Wildman–Crippen LogP) is 5.57. The van der Waals surface area contributed by atoms with Crippen molar-refractivity contribution >= 4 is 52.5 Å². The van der Waals surface area contributed by atoms with Crippen LogP contribution in [0.3, 0.4) is 0 Å². The number of ether oxygens (including phenoxy) is 2. The molecule has 0 fully saturated rings. The molecule has 0 saturated carbocycles. The van der Waals surface area contributed by atoms with E-state index in [0.717, 1.165) is 0 Å². The van der Waals surface area contributed by atoms with E-state index in [1.54, 1.807) is 73.8 Å². The van der Waals surface area contributed by atoms with Crippen LogP contribution in [0.15, 0.2) is 72.3 Å². The van der Waals surface area contributed by atoms with Crippen LogP contribution in [0.2, 0.25) is 10.0 Å². The maximum Gasteiger partial charge on any atom is 0.266 e. The molecule has 7 nitrogen and oxygen atoms in total. The van der Waals surface area contributed by atoms with Gasteiger partial charge in [-0.1, -0.05) is 35.3 Å². The number of nitrogens with one attached hydrogen (secondary N) is 2. The van der Waals surface area contributed by atoms with E-state index >= 15 is 0 Å². The zero-order valence-corrected chi connectivity index (χ0v) is 19.5. The molecule has 0 aliphatic heterocycles. The third kappa shape index (κ3) is 7.01.